The van der Waals surface area contributed by atoms with Gasteiger partial charge in [0.2, 0.25) is 0 Å². The average Bonchev–Trinajstić information content (AvgIpc) is 2.53. The largest absolute Gasteiger partial charge is 0.469 e. The molecule has 2 aromatic carbocycles. The maximum absolute atomic E-state index is 11.1. The molecule has 2 aromatic rings. The number of rotatable bonds is 6. The molecular formula is C17H18ClNO2. The van der Waals surface area contributed by atoms with Crippen molar-refractivity contribution in [2.75, 3.05) is 12.4 Å². The molecule has 0 fully saturated rings. The van der Waals surface area contributed by atoms with Gasteiger partial charge in [0.1, 0.15) is 0 Å². The highest BCUT2D eigenvalue weighted by atomic mass is 35.5. The van der Waals surface area contributed by atoms with Gasteiger partial charge in [-0.05, 0) is 41.8 Å². The van der Waals surface area contributed by atoms with Crippen molar-refractivity contribution in [3.63, 3.8) is 0 Å². The van der Waals surface area contributed by atoms with E-state index in [9.17, 15) is 4.79 Å². The number of benzene rings is 2. The van der Waals surface area contributed by atoms with Gasteiger partial charge in [0, 0.05) is 23.7 Å². The van der Waals surface area contributed by atoms with Crippen LogP contribution in [0.15, 0.2) is 48.5 Å². The van der Waals surface area contributed by atoms with E-state index in [0.29, 0.717) is 12.8 Å². The highest BCUT2D eigenvalue weighted by Gasteiger charge is 2.01. The molecule has 0 amide bonds. The molecule has 0 heterocycles. The first kappa shape index (κ1) is 15.4. The quantitative estimate of drug-likeness (QED) is 0.818. The Hall–Kier alpha value is -2.00. The molecule has 0 atom stereocenters. The predicted molar refractivity (Wildman–Crippen MR) is 85.6 cm³/mol. The Balaban J connectivity index is 1.84. The third kappa shape index (κ3) is 5.12. The number of esters is 1. The summed E-state index contributed by atoms with van der Waals surface area (Å²) in [5, 5.41) is 4.09. The molecule has 110 valence electrons. The number of carbonyl (C=O) groups excluding carboxylic acids is 1. The van der Waals surface area contributed by atoms with E-state index in [1.807, 2.05) is 48.5 Å². The van der Waals surface area contributed by atoms with Crippen LogP contribution in [-0.4, -0.2) is 13.1 Å². The standard InChI is InChI=1S/C17H18ClNO2/c1-21-17(20)11-6-13-4-9-16(10-5-13)19-12-14-2-7-15(18)8-3-14/h2-5,7-10,19H,6,11-12H2,1H3. The Morgan fingerprint density at radius 1 is 1.05 bits per heavy atom. The lowest BCUT2D eigenvalue weighted by Crippen LogP contribution is -2.02. The Labute approximate surface area is 129 Å². The summed E-state index contributed by atoms with van der Waals surface area (Å²) in [5.74, 6) is -0.181. The van der Waals surface area contributed by atoms with E-state index < -0.39 is 0 Å². The zero-order valence-electron chi connectivity index (χ0n) is 11.9. The SMILES string of the molecule is COC(=O)CCc1ccc(NCc2ccc(Cl)cc2)cc1. The monoisotopic (exact) mass is 303 g/mol. The van der Waals surface area contributed by atoms with E-state index in [-0.39, 0.29) is 5.97 Å². The number of hydrogen-bond acceptors (Lipinski definition) is 3. The molecule has 0 aromatic heterocycles. The fourth-order valence-corrected chi connectivity index (χ4v) is 2.07. The summed E-state index contributed by atoms with van der Waals surface area (Å²) in [6.07, 6.45) is 1.11. The van der Waals surface area contributed by atoms with Gasteiger partial charge in [0.05, 0.1) is 7.11 Å². The lowest BCUT2D eigenvalue weighted by Gasteiger charge is -2.08. The van der Waals surface area contributed by atoms with Crippen LogP contribution in [-0.2, 0) is 22.5 Å². The molecule has 2 rings (SSSR count). The van der Waals surface area contributed by atoms with E-state index in [0.717, 1.165) is 22.8 Å². The highest BCUT2D eigenvalue weighted by molar-refractivity contribution is 6.30. The van der Waals surface area contributed by atoms with Crippen molar-refractivity contribution >= 4 is 23.3 Å². The van der Waals surface area contributed by atoms with Crippen LogP contribution in [0.4, 0.5) is 5.69 Å². The van der Waals surface area contributed by atoms with Crippen LogP contribution < -0.4 is 5.32 Å². The Bertz CT molecular complexity index is 579. The maximum Gasteiger partial charge on any atom is 0.305 e. The number of anilines is 1. The van der Waals surface area contributed by atoms with Crippen molar-refractivity contribution in [1.29, 1.82) is 0 Å². The van der Waals surface area contributed by atoms with Crippen molar-refractivity contribution in [1.82, 2.24) is 0 Å². The number of hydrogen-bond donors (Lipinski definition) is 1. The topological polar surface area (TPSA) is 38.3 Å². The van der Waals surface area contributed by atoms with Gasteiger partial charge in [-0.25, -0.2) is 0 Å². The number of carbonyl (C=O) groups is 1. The summed E-state index contributed by atoms with van der Waals surface area (Å²) >= 11 is 5.86. The lowest BCUT2D eigenvalue weighted by molar-refractivity contribution is -0.140. The summed E-state index contributed by atoms with van der Waals surface area (Å²) in [6.45, 7) is 0.749. The molecule has 0 saturated carbocycles. The number of ether oxygens (including phenoxy) is 1. The van der Waals surface area contributed by atoms with E-state index in [2.05, 4.69) is 10.1 Å². The smallest absolute Gasteiger partial charge is 0.305 e. The van der Waals surface area contributed by atoms with Crippen LogP contribution in [0.5, 0.6) is 0 Å². The predicted octanol–water partition coefficient (Wildman–Crippen LogP) is 4.06. The van der Waals surface area contributed by atoms with E-state index in [1.54, 1.807) is 0 Å². The van der Waals surface area contributed by atoms with Gasteiger partial charge in [0.25, 0.3) is 0 Å². The first-order valence-electron chi connectivity index (χ1n) is 6.81. The van der Waals surface area contributed by atoms with Crippen molar-refractivity contribution in [2.45, 2.75) is 19.4 Å². The Kier molecular flexibility index (Phi) is 5.64. The molecule has 0 radical (unpaired) electrons. The number of halogens is 1. The maximum atomic E-state index is 11.1. The Morgan fingerprint density at radius 3 is 2.29 bits per heavy atom. The zero-order chi connectivity index (χ0) is 15.1. The summed E-state index contributed by atoms with van der Waals surface area (Å²) in [4.78, 5) is 11.1. The van der Waals surface area contributed by atoms with Crippen LogP contribution in [0.1, 0.15) is 17.5 Å². The highest BCUT2D eigenvalue weighted by Crippen LogP contribution is 2.14. The summed E-state index contributed by atoms with van der Waals surface area (Å²) in [5.41, 5.74) is 3.35. The van der Waals surface area contributed by atoms with Crippen LogP contribution in [0.2, 0.25) is 5.02 Å². The summed E-state index contributed by atoms with van der Waals surface area (Å²) in [6, 6.07) is 15.8. The van der Waals surface area contributed by atoms with Gasteiger partial charge in [-0.15, -0.1) is 0 Å². The number of nitrogens with one attached hydrogen (secondary N) is 1. The minimum atomic E-state index is -0.181. The third-order valence-corrected chi connectivity index (χ3v) is 3.46. The normalized spacial score (nSPS) is 10.2. The molecule has 0 aliphatic heterocycles. The second kappa shape index (κ2) is 7.70. The van der Waals surface area contributed by atoms with Crippen LogP contribution in [0.25, 0.3) is 0 Å². The molecule has 3 nitrogen and oxygen atoms in total. The van der Waals surface area contributed by atoms with Crippen molar-refractivity contribution < 1.29 is 9.53 Å². The van der Waals surface area contributed by atoms with Gasteiger partial charge in [0.15, 0.2) is 0 Å². The number of aryl methyl sites for hydroxylation is 1. The summed E-state index contributed by atoms with van der Waals surface area (Å²) < 4.78 is 4.63. The number of methoxy groups -OCH3 is 1. The first-order chi connectivity index (χ1) is 10.2. The minimum absolute atomic E-state index is 0.181. The minimum Gasteiger partial charge on any atom is -0.469 e. The molecule has 0 unspecified atom stereocenters. The van der Waals surface area contributed by atoms with Gasteiger partial charge < -0.3 is 10.1 Å². The molecular weight excluding hydrogens is 286 g/mol. The van der Waals surface area contributed by atoms with Gasteiger partial charge in [-0.3, -0.25) is 4.79 Å². The molecule has 21 heavy (non-hydrogen) atoms. The van der Waals surface area contributed by atoms with Crippen LogP contribution in [0, 0.1) is 0 Å². The van der Waals surface area contributed by atoms with Gasteiger partial charge >= 0.3 is 5.97 Å². The van der Waals surface area contributed by atoms with Crippen molar-refractivity contribution in [2.24, 2.45) is 0 Å². The van der Waals surface area contributed by atoms with Crippen LogP contribution >= 0.6 is 11.6 Å². The molecule has 0 aliphatic rings. The van der Waals surface area contributed by atoms with Crippen molar-refractivity contribution in [3.8, 4) is 0 Å². The molecule has 0 aliphatic carbocycles. The third-order valence-electron chi connectivity index (χ3n) is 3.21. The average molecular weight is 304 g/mol. The van der Waals surface area contributed by atoms with E-state index in [1.165, 1.54) is 12.7 Å². The first-order valence-corrected chi connectivity index (χ1v) is 7.19. The van der Waals surface area contributed by atoms with Crippen LogP contribution in [0.3, 0.4) is 0 Å². The molecule has 4 heteroatoms. The fourth-order valence-electron chi connectivity index (χ4n) is 1.94. The van der Waals surface area contributed by atoms with Crippen molar-refractivity contribution in [3.05, 3.63) is 64.7 Å². The molecule has 1 N–H and O–H groups in total. The second-order valence-corrected chi connectivity index (χ2v) is 5.19. The zero-order valence-corrected chi connectivity index (χ0v) is 12.7. The summed E-state index contributed by atoms with van der Waals surface area (Å²) in [7, 11) is 1.41. The second-order valence-electron chi connectivity index (χ2n) is 4.75. The molecule has 0 spiro atoms. The molecule has 0 saturated heterocycles. The van der Waals surface area contributed by atoms with E-state index >= 15 is 0 Å². The van der Waals surface area contributed by atoms with Gasteiger partial charge in [-0.2, -0.15) is 0 Å². The Morgan fingerprint density at radius 2 is 1.67 bits per heavy atom. The van der Waals surface area contributed by atoms with Gasteiger partial charge in [-0.1, -0.05) is 35.9 Å². The lowest BCUT2D eigenvalue weighted by atomic mass is 10.1. The molecule has 0 bridgehead atoms. The fraction of sp³-hybridized carbons (Fsp3) is 0.235. The van der Waals surface area contributed by atoms with E-state index in [4.69, 9.17) is 11.6 Å².